The maximum absolute atomic E-state index is 12.7. The van der Waals surface area contributed by atoms with Gasteiger partial charge in [-0.25, -0.2) is 9.59 Å². The van der Waals surface area contributed by atoms with Gasteiger partial charge in [-0.3, -0.25) is 4.79 Å². The van der Waals surface area contributed by atoms with Crippen molar-refractivity contribution in [3.05, 3.63) is 40.2 Å². The van der Waals surface area contributed by atoms with Crippen molar-refractivity contribution in [2.75, 3.05) is 6.61 Å². The number of rotatable bonds is 5. The lowest BCUT2D eigenvalue weighted by Gasteiger charge is -2.40. The number of carbonyl (C=O) groups excluding carboxylic acids is 2. The molecule has 29 heavy (non-hydrogen) atoms. The van der Waals surface area contributed by atoms with Crippen LogP contribution >= 0.6 is 0 Å². The van der Waals surface area contributed by atoms with E-state index in [2.05, 4.69) is 0 Å². The third-order valence-electron chi connectivity index (χ3n) is 5.38. The first-order valence-electron chi connectivity index (χ1n) is 9.95. The molecule has 1 fully saturated rings. The SMILES string of the molecule is Cc1cc(=O)oc2cc(OCC(=O)O[C@@H](C)C(=O)N3[C@H](C)CCC[C@@H]3C)ccc12. The second-order valence-corrected chi connectivity index (χ2v) is 7.70. The molecular formula is C22H27NO6. The molecule has 156 valence electrons. The zero-order chi connectivity index (χ0) is 21.1. The van der Waals surface area contributed by atoms with E-state index < -0.39 is 17.7 Å². The topological polar surface area (TPSA) is 86.0 Å². The van der Waals surface area contributed by atoms with Gasteiger partial charge in [0.1, 0.15) is 11.3 Å². The third kappa shape index (κ3) is 4.78. The van der Waals surface area contributed by atoms with E-state index in [0.29, 0.717) is 11.3 Å². The Morgan fingerprint density at radius 2 is 1.90 bits per heavy atom. The van der Waals surface area contributed by atoms with E-state index in [0.717, 1.165) is 30.2 Å². The predicted octanol–water partition coefficient (Wildman–Crippen LogP) is 3.20. The summed E-state index contributed by atoms with van der Waals surface area (Å²) in [5.74, 6) is -0.435. The molecule has 0 bridgehead atoms. The molecule has 2 heterocycles. The molecule has 7 nitrogen and oxygen atoms in total. The zero-order valence-corrected chi connectivity index (χ0v) is 17.3. The molecular weight excluding hydrogens is 374 g/mol. The molecule has 1 aromatic carbocycles. The zero-order valence-electron chi connectivity index (χ0n) is 17.3. The monoisotopic (exact) mass is 401 g/mol. The molecule has 2 aromatic rings. The molecule has 3 atom stereocenters. The molecule has 1 amide bonds. The van der Waals surface area contributed by atoms with Crippen molar-refractivity contribution < 1.29 is 23.5 Å². The van der Waals surface area contributed by atoms with Crippen LogP contribution in [-0.4, -0.2) is 41.6 Å². The molecule has 0 saturated carbocycles. The van der Waals surface area contributed by atoms with Gasteiger partial charge >= 0.3 is 11.6 Å². The summed E-state index contributed by atoms with van der Waals surface area (Å²) in [5.41, 5.74) is 0.744. The number of aryl methyl sites for hydroxylation is 1. The van der Waals surface area contributed by atoms with Crippen LogP contribution in [0.3, 0.4) is 0 Å². The maximum atomic E-state index is 12.7. The highest BCUT2D eigenvalue weighted by molar-refractivity contribution is 5.84. The first kappa shape index (κ1) is 20.9. The Morgan fingerprint density at radius 3 is 2.59 bits per heavy atom. The van der Waals surface area contributed by atoms with E-state index in [9.17, 15) is 14.4 Å². The lowest BCUT2D eigenvalue weighted by Crippen LogP contribution is -2.51. The minimum atomic E-state index is -0.869. The van der Waals surface area contributed by atoms with Crippen molar-refractivity contribution in [2.45, 2.75) is 65.1 Å². The van der Waals surface area contributed by atoms with Crippen molar-refractivity contribution in [2.24, 2.45) is 0 Å². The summed E-state index contributed by atoms with van der Waals surface area (Å²) in [7, 11) is 0. The Bertz CT molecular complexity index is 955. The molecule has 0 spiro atoms. The Labute approximate surface area is 169 Å². The Hall–Kier alpha value is -2.83. The van der Waals surface area contributed by atoms with E-state index in [1.165, 1.54) is 6.07 Å². The van der Waals surface area contributed by atoms with Gasteiger partial charge in [0.15, 0.2) is 12.7 Å². The molecule has 1 aliphatic heterocycles. The molecule has 0 unspecified atom stereocenters. The van der Waals surface area contributed by atoms with Gasteiger partial charge in [-0.15, -0.1) is 0 Å². The first-order chi connectivity index (χ1) is 13.8. The van der Waals surface area contributed by atoms with Crippen molar-refractivity contribution in [1.82, 2.24) is 4.90 Å². The molecule has 0 radical (unpaired) electrons. The Balaban J connectivity index is 1.58. The average Bonchev–Trinajstić information content (AvgIpc) is 2.65. The van der Waals surface area contributed by atoms with Crippen LogP contribution in [0.2, 0.25) is 0 Å². The molecule has 7 heteroatoms. The van der Waals surface area contributed by atoms with Gasteiger partial charge in [-0.2, -0.15) is 0 Å². The maximum Gasteiger partial charge on any atom is 0.344 e. The number of benzene rings is 1. The number of piperidine rings is 1. The van der Waals surface area contributed by atoms with Crippen LogP contribution in [0.1, 0.15) is 45.6 Å². The third-order valence-corrected chi connectivity index (χ3v) is 5.38. The van der Waals surface area contributed by atoms with Crippen LogP contribution in [0.4, 0.5) is 0 Å². The number of hydrogen-bond donors (Lipinski definition) is 0. The second kappa shape index (κ2) is 8.68. The van der Waals surface area contributed by atoms with Gasteiger partial charge in [0.2, 0.25) is 0 Å². The number of nitrogens with zero attached hydrogens (tertiary/aromatic N) is 1. The normalized spacial score (nSPS) is 20.3. The van der Waals surface area contributed by atoms with E-state index in [1.807, 2.05) is 25.7 Å². The lowest BCUT2D eigenvalue weighted by atomic mass is 9.97. The number of fused-ring (bicyclic) bond motifs is 1. The molecule has 3 rings (SSSR count). The fraction of sp³-hybridized carbons (Fsp3) is 0.500. The van der Waals surface area contributed by atoms with Crippen molar-refractivity contribution in [3.63, 3.8) is 0 Å². The van der Waals surface area contributed by atoms with Crippen LogP contribution < -0.4 is 10.4 Å². The average molecular weight is 401 g/mol. The van der Waals surface area contributed by atoms with Crippen LogP contribution in [0.5, 0.6) is 5.75 Å². The first-order valence-corrected chi connectivity index (χ1v) is 9.95. The minimum Gasteiger partial charge on any atom is -0.482 e. The van der Waals surface area contributed by atoms with E-state index in [-0.39, 0.29) is 24.6 Å². The fourth-order valence-corrected chi connectivity index (χ4v) is 3.88. The standard InChI is InChI=1S/C22H27NO6/c1-13-10-20(24)29-19-11-17(8-9-18(13)19)27-12-21(25)28-16(4)22(26)23-14(2)6-5-7-15(23)3/h8-11,14-16H,5-7,12H2,1-4H3/t14-,15+,16-/m0/s1. The summed E-state index contributed by atoms with van der Waals surface area (Å²) >= 11 is 0. The summed E-state index contributed by atoms with van der Waals surface area (Å²) in [6.07, 6.45) is 2.14. The summed E-state index contributed by atoms with van der Waals surface area (Å²) in [6, 6.07) is 6.71. The van der Waals surface area contributed by atoms with Gasteiger partial charge in [-0.1, -0.05) is 0 Å². The summed E-state index contributed by atoms with van der Waals surface area (Å²) in [6.45, 7) is 7.10. The van der Waals surface area contributed by atoms with Gasteiger partial charge < -0.3 is 18.8 Å². The smallest absolute Gasteiger partial charge is 0.344 e. The van der Waals surface area contributed by atoms with E-state index >= 15 is 0 Å². The molecule has 1 saturated heterocycles. The quantitative estimate of drug-likeness (QED) is 0.565. The van der Waals surface area contributed by atoms with Gasteiger partial charge in [0.05, 0.1) is 0 Å². The van der Waals surface area contributed by atoms with Crippen molar-refractivity contribution >= 4 is 22.8 Å². The molecule has 0 N–H and O–H groups in total. The van der Waals surface area contributed by atoms with Crippen LogP contribution in [-0.2, 0) is 14.3 Å². The Morgan fingerprint density at radius 1 is 1.21 bits per heavy atom. The summed E-state index contributed by atoms with van der Waals surface area (Å²) in [5, 5.41) is 0.795. The predicted molar refractivity (Wildman–Crippen MR) is 108 cm³/mol. The van der Waals surface area contributed by atoms with Gasteiger partial charge in [0.25, 0.3) is 5.91 Å². The van der Waals surface area contributed by atoms with Crippen molar-refractivity contribution in [3.8, 4) is 5.75 Å². The number of esters is 1. The second-order valence-electron chi connectivity index (χ2n) is 7.70. The van der Waals surface area contributed by atoms with Crippen molar-refractivity contribution in [1.29, 1.82) is 0 Å². The number of carbonyl (C=O) groups is 2. The summed E-state index contributed by atoms with van der Waals surface area (Å²) < 4.78 is 15.9. The minimum absolute atomic E-state index is 0.138. The highest BCUT2D eigenvalue weighted by atomic mass is 16.6. The number of ether oxygens (including phenoxy) is 2. The largest absolute Gasteiger partial charge is 0.482 e. The summed E-state index contributed by atoms with van der Waals surface area (Å²) in [4.78, 5) is 38.2. The fourth-order valence-electron chi connectivity index (χ4n) is 3.88. The molecule has 0 aliphatic carbocycles. The molecule has 1 aliphatic rings. The number of likely N-dealkylation sites (tertiary alicyclic amines) is 1. The Kier molecular flexibility index (Phi) is 6.25. The van der Waals surface area contributed by atoms with Crippen LogP contribution in [0.25, 0.3) is 11.0 Å². The highest BCUT2D eigenvalue weighted by Crippen LogP contribution is 2.24. The molecule has 1 aromatic heterocycles. The highest BCUT2D eigenvalue weighted by Gasteiger charge is 2.33. The number of amides is 1. The van der Waals surface area contributed by atoms with Crippen LogP contribution in [0.15, 0.2) is 33.5 Å². The van der Waals surface area contributed by atoms with E-state index in [4.69, 9.17) is 13.9 Å². The van der Waals surface area contributed by atoms with Gasteiger partial charge in [0, 0.05) is 29.6 Å². The van der Waals surface area contributed by atoms with Gasteiger partial charge in [-0.05, 0) is 64.7 Å². The van der Waals surface area contributed by atoms with E-state index in [1.54, 1.807) is 25.1 Å². The van der Waals surface area contributed by atoms with Crippen LogP contribution in [0, 0.1) is 6.92 Å². The number of hydrogen-bond acceptors (Lipinski definition) is 6. The lowest BCUT2D eigenvalue weighted by molar-refractivity contribution is -0.163.